The lowest BCUT2D eigenvalue weighted by atomic mass is 9.92. The molecule has 0 radical (unpaired) electrons. The van der Waals surface area contributed by atoms with E-state index in [9.17, 15) is 16.8 Å². The molecule has 1 heterocycles. The molecule has 0 saturated carbocycles. The first-order chi connectivity index (χ1) is 11.1. The zero-order valence-corrected chi connectivity index (χ0v) is 15.8. The van der Waals surface area contributed by atoms with Crippen molar-refractivity contribution in [2.75, 3.05) is 20.1 Å². The van der Waals surface area contributed by atoms with E-state index >= 15 is 0 Å². The summed E-state index contributed by atoms with van der Waals surface area (Å²) in [5, 5.41) is 0. The molecule has 1 aliphatic rings. The van der Waals surface area contributed by atoms with E-state index in [1.165, 1.54) is 29.6 Å². The van der Waals surface area contributed by atoms with Crippen molar-refractivity contribution in [3.8, 4) is 0 Å². The van der Waals surface area contributed by atoms with Crippen LogP contribution in [0.3, 0.4) is 0 Å². The SMILES string of the molecule is CNS(=O)(=O)c1ccc(S(=O)(=O)N2CCC(C(C)N)CC2)cc1C. The molecule has 7 nitrogen and oxygen atoms in total. The molecule has 3 N–H and O–H groups in total. The first kappa shape index (κ1) is 19.3. The molecule has 1 aliphatic heterocycles. The highest BCUT2D eigenvalue weighted by Gasteiger charge is 2.31. The third-order valence-corrected chi connectivity index (χ3v) is 8.05. The number of nitrogens with two attached hydrogens (primary N) is 1. The molecule has 9 heteroatoms. The van der Waals surface area contributed by atoms with Gasteiger partial charge in [0.2, 0.25) is 20.0 Å². The van der Waals surface area contributed by atoms with Crippen LogP contribution in [0.15, 0.2) is 28.0 Å². The number of nitrogens with zero attached hydrogens (tertiary/aromatic N) is 1. The average molecular weight is 376 g/mol. The summed E-state index contributed by atoms with van der Waals surface area (Å²) >= 11 is 0. The quantitative estimate of drug-likeness (QED) is 0.785. The summed E-state index contributed by atoms with van der Waals surface area (Å²) in [6, 6.07) is 4.16. The van der Waals surface area contributed by atoms with Crippen molar-refractivity contribution in [1.82, 2.24) is 9.03 Å². The van der Waals surface area contributed by atoms with Crippen LogP contribution in [0.2, 0.25) is 0 Å². The number of sulfonamides is 2. The summed E-state index contributed by atoms with van der Waals surface area (Å²) in [5.41, 5.74) is 6.29. The largest absolute Gasteiger partial charge is 0.328 e. The summed E-state index contributed by atoms with van der Waals surface area (Å²) in [6.07, 6.45) is 1.48. The minimum Gasteiger partial charge on any atom is -0.328 e. The Labute approximate surface area is 144 Å². The van der Waals surface area contributed by atoms with Gasteiger partial charge >= 0.3 is 0 Å². The smallest absolute Gasteiger partial charge is 0.243 e. The first-order valence-corrected chi connectivity index (χ1v) is 10.8. The van der Waals surface area contributed by atoms with Gasteiger partial charge < -0.3 is 5.73 Å². The van der Waals surface area contributed by atoms with Crippen LogP contribution in [-0.2, 0) is 20.0 Å². The van der Waals surface area contributed by atoms with Crippen LogP contribution in [0.25, 0.3) is 0 Å². The monoisotopic (exact) mass is 375 g/mol. The highest BCUT2D eigenvalue weighted by Crippen LogP contribution is 2.27. The molecular formula is C15H25N3O4S2. The minimum atomic E-state index is -3.63. The lowest BCUT2D eigenvalue weighted by molar-refractivity contribution is 0.250. The molecule has 1 saturated heterocycles. The maximum absolute atomic E-state index is 12.8. The lowest BCUT2D eigenvalue weighted by Gasteiger charge is -2.33. The lowest BCUT2D eigenvalue weighted by Crippen LogP contribution is -2.42. The van der Waals surface area contributed by atoms with Gasteiger partial charge in [0.25, 0.3) is 0 Å². The predicted octanol–water partition coefficient (Wildman–Crippen LogP) is 0.651. The second-order valence-electron chi connectivity index (χ2n) is 6.24. The van der Waals surface area contributed by atoms with E-state index in [2.05, 4.69) is 4.72 Å². The van der Waals surface area contributed by atoms with E-state index in [1.807, 2.05) is 6.92 Å². The van der Waals surface area contributed by atoms with Crippen LogP contribution in [-0.4, -0.2) is 47.3 Å². The molecular weight excluding hydrogens is 350 g/mol. The number of hydrogen-bond donors (Lipinski definition) is 2. The Hall–Kier alpha value is -1.00. The van der Waals surface area contributed by atoms with Gasteiger partial charge in [0, 0.05) is 19.1 Å². The maximum atomic E-state index is 12.8. The first-order valence-electron chi connectivity index (χ1n) is 7.89. The van der Waals surface area contributed by atoms with E-state index in [0.717, 1.165) is 12.8 Å². The van der Waals surface area contributed by atoms with Gasteiger partial charge in [0.1, 0.15) is 0 Å². The third kappa shape index (κ3) is 3.80. The Morgan fingerprint density at radius 2 is 1.79 bits per heavy atom. The third-order valence-electron chi connectivity index (χ3n) is 4.58. The number of hydrogen-bond acceptors (Lipinski definition) is 5. The van der Waals surface area contributed by atoms with E-state index in [0.29, 0.717) is 24.6 Å². The van der Waals surface area contributed by atoms with Crippen LogP contribution < -0.4 is 10.5 Å². The van der Waals surface area contributed by atoms with Gasteiger partial charge in [-0.05, 0) is 63.4 Å². The van der Waals surface area contributed by atoms with Gasteiger partial charge in [-0.2, -0.15) is 4.31 Å². The van der Waals surface area contributed by atoms with Gasteiger partial charge in [-0.25, -0.2) is 21.6 Å². The Morgan fingerprint density at radius 1 is 1.21 bits per heavy atom. The van der Waals surface area contributed by atoms with Crippen molar-refractivity contribution in [1.29, 1.82) is 0 Å². The van der Waals surface area contributed by atoms with E-state index < -0.39 is 20.0 Å². The number of aryl methyl sites for hydroxylation is 1. The molecule has 0 aromatic heterocycles. The van der Waals surface area contributed by atoms with E-state index in [-0.39, 0.29) is 15.8 Å². The minimum absolute atomic E-state index is 0.0585. The maximum Gasteiger partial charge on any atom is 0.243 e. The number of piperidine rings is 1. The second kappa shape index (κ2) is 7.09. The number of benzene rings is 1. The summed E-state index contributed by atoms with van der Waals surface area (Å²) in [7, 11) is -5.91. The predicted molar refractivity (Wildman–Crippen MR) is 92.6 cm³/mol. The zero-order chi connectivity index (χ0) is 18.1. The van der Waals surface area contributed by atoms with Gasteiger partial charge in [0.05, 0.1) is 9.79 Å². The van der Waals surface area contributed by atoms with Crippen molar-refractivity contribution >= 4 is 20.0 Å². The van der Waals surface area contributed by atoms with E-state index in [4.69, 9.17) is 5.73 Å². The summed E-state index contributed by atoms with van der Waals surface area (Å²) in [5.74, 6) is 0.335. The molecule has 0 spiro atoms. The summed E-state index contributed by atoms with van der Waals surface area (Å²) in [6.45, 7) is 4.40. The van der Waals surface area contributed by atoms with Gasteiger partial charge in [-0.1, -0.05) is 0 Å². The highest BCUT2D eigenvalue weighted by molar-refractivity contribution is 7.89. The van der Waals surface area contributed by atoms with Crippen molar-refractivity contribution in [3.05, 3.63) is 23.8 Å². The Bertz CT molecular complexity index is 796. The molecule has 0 amide bonds. The number of nitrogens with one attached hydrogen (secondary N) is 1. The van der Waals surface area contributed by atoms with E-state index in [1.54, 1.807) is 6.92 Å². The zero-order valence-electron chi connectivity index (χ0n) is 14.2. The van der Waals surface area contributed by atoms with Crippen LogP contribution in [0.4, 0.5) is 0 Å². The Kier molecular flexibility index (Phi) is 5.71. The Balaban J connectivity index is 2.27. The van der Waals surface area contributed by atoms with Crippen molar-refractivity contribution < 1.29 is 16.8 Å². The summed E-state index contributed by atoms with van der Waals surface area (Å²) < 4.78 is 53.0. The normalized spacial score (nSPS) is 19.3. The molecule has 2 rings (SSSR count). The van der Waals surface area contributed by atoms with Gasteiger partial charge in [-0.15, -0.1) is 0 Å². The van der Waals surface area contributed by atoms with Crippen molar-refractivity contribution in [2.45, 2.75) is 42.5 Å². The molecule has 136 valence electrons. The molecule has 24 heavy (non-hydrogen) atoms. The molecule has 0 bridgehead atoms. The molecule has 1 atom stereocenters. The van der Waals surface area contributed by atoms with Crippen LogP contribution in [0.5, 0.6) is 0 Å². The van der Waals surface area contributed by atoms with Crippen molar-refractivity contribution in [3.63, 3.8) is 0 Å². The van der Waals surface area contributed by atoms with Crippen molar-refractivity contribution in [2.24, 2.45) is 11.7 Å². The summed E-state index contributed by atoms with van der Waals surface area (Å²) in [4.78, 5) is 0.203. The fourth-order valence-corrected chi connectivity index (χ4v) is 5.49. The second-order valence-corrected chi connectivity index (χ2v) is 10.0. The van der Waals surface area contributed by atoms with Crippen LogP contribution >= 0.6 is 0 Å². The standard InChI is InChI=1S/C15H25N3O4S2/c1-11-10-14(4-5-15(11)23(19,20)17-3)24(21,22)18-8-6-13(7-9-18)12(2)16/h4-5,10,12-13,17H,6-9,16H2,1-3H3. The van der Waals surface area contributed by atoms with Gasteiger partial charge in [0.15, 0.2) is 0 Å². The Morgan fingerprint density at radius 3 is 2.25 bits per heavy atom. The fraction of sp³-hybridized carbons (Fsp3) is 0.600. The topological polar surface area (TPSA) is 110 Å². The fourth-order valence-electron chi connectivity index (χ4n) is 2.98. The highest BCUT2D eigenvalue weighted by atomic mass is 32.2. The molecule has 0 aliphatic carbocycles. The van der Waals surface area contributed by atoms with Crippen LogP contribution in [0.1, 0.15) is 25.3 Å². The number of rotatable bonds is 5. The average Bonchev–Trinajstić information content (AvgIpc) is 2.54. The molecule has 1 aromatic carbocycles. The molecule has 1 fully saturated rings. The van der Waals surface area contributed by atoms with Crippen LogP contribution in [0, 0.1) is 12.8 Å². The van der Waals surface area contributed by atoms with Gasteiger partial charge in [-0.3, -0.25) is 0 Å². The molecule has 1 aromatic rings. The molecule has 1 unspecified atom stereocenters.